The maximum atomic E-state index is 12.9. The van der Waals surface area contributed by atoms with E-state index in [0.717, 1.165) is 0 Å². The van der Waals surface area contributed by atoms with E-state index in [2.05, 4.69) is 10.5 Å². The van der Waals surface area contributed by atoms with Gasteiger partial charge < -0.3 is 24.6 Å². The number of carboxylic acids is 1. The Kier molecular flexibility index (Phi) is 6.17. The summed E-state index contributed by atoms with van der Waals surface area (Å²) in [5.41, 5.74) is 1.07. The fourth-order valence-electron chi connectivity index (χ4n) is 3.63. The fourth-order valence-corrected chi connectivity index (χ4v) is 6.17. The smallest absolute Gasteiger partial charge is 0.548 e. The van der Waals surface area contributed by atoms with Crippen molar-refractivity contribution in [3.8, 4) is 11.3 Å². The maximum Gasteiger partial charge on any atom is 1.00 e. The molecule has 2 aromatic heterocycles. The number of aromatic nitrogens is 1. The number of thioether (sulfide) groups is 1. The molecule has 0 spiro atoms. The van der Waals surface area contributed by atoms with Crippen molar-refractivity contribution in [1.82, 2.24) is 15.4 Å². The summed E-state index contributed by atoms with van der Waals surface area (Å²) in [5.74, 6) is -1.98. The molecule has 2 saturated heterocycles. The molecule has 3 atom stereocenters. The summed E-state index contributed by atoms with van der Waals surface area (Å²) in [6.45, 7) is 5.08. The number of halogens is 1. The molecule has 2 aliphatic heterocycles. The van der Waals surface area contributed by atoms with Crippen LogP contribution in [0.3, 0.4) is 0 Å². The van der Waals surface area contributed by atoms with Gasteiger partial charge in [-0.2, -0.15) is 0 Å². The maximum absolute atomic E-state index is 12.9. The second-order valence-electron chi connectivity index (χ2n) is 7.10. The predicted octanol–water partition coefficient (Wildman–Crippen LogP) is -1.72. The van der Waals surface area contributed by atoms with Crippen LogP contribution >= 0.6 is 34.7 Å². The number of carbonyl (C=O) groups excluding carboxylic acids is 3. The number of nitrogens with one attached hydrogen (secondary N) is 1. The van der Waals surface area contributed by atoms with Gasteiger partial charge in [-0.3, -0.25) is 9.59 Å². The van der Waals surface area contributed by atoms with Gasteiger partial charge in [0.1, 0.15) is 32.8 Å². The van der Waals surface area contributed by atoms with E-state index in [1.165, 1.54) is 28.0 Å². The van der Waals surface area contributed by atoms with Gasteiger partial charge in [-0.25, -0.2) is 0 Å². The molecule has 8 nitrogen and oxygen atoms in total. The molecule has 2 aromatic rings. The van der Waals surface area contributed by atoms with Crippen molar-refractivity contribution < 1.29 is 53.6 Å². The first-order valence-electron chi connectivity index (χ1n) is 8.35. The third-order valence-corrected chi connectivity index (χ3v) is 7.66. The van der Waals surface area contributed by atoms with E-state index in [1.807, 2.05) is 0 Å². The third-order valence-electron chi connectivity index (χ3n) is 4.91. The molecule has 0 unspecified atom stereocenters. The summed E-state index contributed by atoms with van der Waals surface area (Å²) in [4.78, 5) is 38.2. The summed E-state index contributed by atoms with van der Waals surface area (Å²) < 4.78 is 4.92. The Labute approximate surface area is 201 Å². The molecule has 2 amide bonds. The minimum atomic E-state index is -1.30. The Morgan fingerprint density at radius 1 is 1.41 bits per heavy atom. The van der Waals surface area contributed by atoms with Crippen LogP contribution in [0, 0.1) is 6.92 Å². The monoisotopic (exact) mass is 463 g/mol. The van der Waals surface area contributed by atoms with Gasteiger partial charge in [-0.05, 0) is 32.2 Å². The van der Waals surface area contributed by atoms with E-state index in [-0.39, 0.29) is 35.1 Å². The quantitative estimate of drug-likeness (QED) is 0.423. The van der Waals surface area contributed by atoms with Crippen molar-refractivity contribution in [1.29, 1.82) is 0 Å². The summed E-state index contributed by atoms with van der Waals surface area (Å²) in [6.07, 6.45) is 0. The summed E-state index contributed by atoms with van der Waals surface area (Å²) >= 11 is 8.78. The van der Waals surface area contributed by atoms with E-state index < -0.39 is 40.0 Å². The Morgan fingerprint density at radius 3 is 2.69 bits per heavy atom. The predicted molar refractivity (Wildman–Crippen MR) is 102 cm³/mol. The SMILES string of the molecule is Cc1onc(-c2ccsc2Cl)c1C(=O)N[C@@H]1C(=O)N2[C@@H]1SC(C)(C)[C@@H]2C(=O)[O-].[Na+]. The number of carboxylic acid groups (broad SMARTS) is 1. The van der Waals surface area contributed by atoms with Crippen molar-refractivity contribution in [3.05, 3.63) is 27.1 Å². The molecule has 0 aromatic carbocycles. The number of nitrogens with zero attached hydrogens (tertiary/aromatic N) is 2. The Bertz CT molecular complexity index is 1010. The number of amides is 2. The van der Waals surface area contributed by atoms with Crippen LogP contribution in [-0.2, 0) is 9.59 Å². The molecule has 12 heteroatoms. The molecule has 4 rings (SSSR count). The number of hydrogen-bond donors (Lipinski definition) is 1. The molecule has 0 saturated carbocycles. The minimum absolute atomic E-state index is 0. The van der Waals surface area contributed by atoms with Gasteiger partial charge in [0.05, 0.1) is 12.0 Å². The average molecular weight is 464 g/mol. The number of hydrogen-bond acceptors (Lipinski definition) is 8. The van der Waals surface area contributed by atoms with Gasteiger partial charge in [-0.1, -0.05) is 16.8 Å². The molecule has 0 bridgehead atoms. The molecule has 1 N–H and O–H groups in total. The van der Waals surface area contributed by atoms with E-state index >= 15 is 0 Å². The molecule has 4 heterocycles. The standard InChI is InChI=1S/C17H16ClN3O5S2.Na/c1-6-8(9(20-26-6)7-4-5-27-12(7)18)13(22)19-10-14(23)21-11(16(24)25)17(2,3)28-15(10)21;/h4-5,10-11,15H,1-3H3,(H,19,22)(H,24,25);/q;+1/p-1/t10-,11+,15-;/m1./s1. The van der Waals surface area contributed by atoms with Gasteiger partial charge in [-0.15, -0.1) is 23.1 Å². The minimum Gasteiger partial charge on any atom is -0.548 e. The van der Waals surface area contributed by atoms with Crippen molar-refractivity contribution in [2.45, 2.75) is 43.0 Å². The van der Waals surface area contributed by atoms with Crippen molar-refractivity contribution in [2.75, 3.05) is 0 Å². The summed E-state index contributed by atoms with van der Waals surface area (Å²) in [6, 6.07) is -0.140. The number of rotatable bonds is 4. The number of β-lactam (4-membered cyclic amide) rings is 1. The van der Waals surface area contributed by atoms with Crippen LogP contribution in [0.1, 0.15) is 30.0 Å². The Hall–Kier alpha value is -1.04. The first kappa shape index (κ1) is 22.6. The first-order valence-corrected chi connectivity index (χ1v) is 10.5. The number of aliphatic carboxylic acids is 1. The van der Waals surface area contributed by atoms with E-state index in [1.54, 1.807) is 32.2 Å². The number of fused-ring (bicyclic) bond motifs is 1. The molecule has 0 radical (unpaired) electrons. The fraction of sp³-hybridized carbons (Fsp3) is 0.412. The molecular formula is C17H15ClN3NaO5S2. The molecule has 148 valence electrons. The normalized spacial score (nSPS) is 24.5. The largest absolute Gasteiger partial charge is 1.00 e. The van der Waals surface area contributed by atoms with Crippen LogP contribution in [0.2, 0.25) is 4.34 Å². The van der Waals surface area contributed by atoms with Crippen LogP contribution < -0.4 is 40.0 Å². The zero-order valence-electron chi connectivity index (χ0n) is 16.0. The second kappa shape index (κ2) is 7.90. The number of carbonyl (C=O) groups is 3. The number of aryl methyl sites for hydroxylation is 1. The van der Waals surface area contributed by atoms with Crippen LogP contribution in [0.15, 0.2) is 16.0 Å². The van der Waals surface area contributed by atoms with Crippen LogP contribution in [0.4, 0.5) is 0 Å². The topological polar surface area (TPSA) is 116 Å². The Morgan fingerprint density at radius 2 is 2.10 bits per heavy atom. The van der Waals surface area contributed by atoms with Crippen molar-refractivity contribution in [2.24, 2.45) is 0 Å². The van der Waals surface area contributed by atoms with Crippen LogP contribution in [0.25, 0.3) is 11.3 Å². The van der Waals surface area contributed by atoms with Crippen molar-refractivity contribution >= 4 is 52.5 Å². The summed E-state index contributed by atoms with van der Waals surface area (Å²) in [5, 5.41) is 19.4. The van der Waals surface area contributed by atoms with Gasteiger partial charge in [0.25, 0.3) is 5.91 Å². The summed E-state index contributed by atoms with van der Waals surface area (Å²) in [7, 11) is 0. The van der Waals surface area contributed by atoms with Gasteiger partial charge >= 0.3 is 29.6 Å². The van der Waals surface area contributed by atoms with E-state index in [4.69, 9.17) is 16.1 Å². The average Bonchev–Trinajstić information content (AvgIpc) is 3.26. The molecular weight excluding hydrogens is 449 g/mol. The van der Waals surface area contributed by atoms with Crippen LogP contribution in [-0.4, -0.2) is 50.0 Å². The van der Waals surface area contributed by atoms with E-state index in [9.17, 15) is 19.5 Å². The van der Waals surface area contributed by atoms with Crippen LogP contribution in [0.5, 0.6) is 0 Å². The van der Waals surface area contributed by atoms with Crippen molar-refractivity contribution in [3.63, 3.8) is 0 Å². The Balaban J connectivity index is 0.00000240. The molecule has 2 aliphatic rings. The van der Waals surface area contributed by atoms with Gasteiger partial charge in [0.2, 0.25) is 5.91 Å². The number of thiophene rings is 1. The zero-order chi connectivity index (χ0) is 20.4. The molecule has 29 heavy (non-hydrogen) atoms. The van der Waals surface area contributed by atoms with E-state index in [0.29, 0.717) is 21.4 Å². The first-order chi connectivity index (χ1) is 13.1. The molecule has 2 fully saturated rings. The van der Waals surface area contributed by atoms with Gasteiger partial charge in [0, 0.05) is 10.3 Å². The zero-order valence-corrected chi connectivity index (χ0v) is 20.4. The van der Waals surface area contributed by atoms with Gasteiger partial charge in [0.15, 0.2) is 0 Å². The molecule has 0 aliphatic carbocycles. The second-order valence-corrected chi connectivity index (χ2v) is 10.4. The third kappa shape index (κ3) is 3.53.